The van der Waals surface area contributed by atoms with E-state index < -0.39 is 53.1 Å². The van der Waals surface area contributed by atoms with Gasteiger partial charge in [0.25, 0.3) is 0 Å². The minimum Gasteiger partial charge on any atom is -0.453 e. The molecule has 3 aromatic rings. The minimum absolute atomic E-state index is 0.0982. The van der Waals surface area contributed by atoms with E-state index in [2.05, 4.69) is 20.9 Å². The van der Waals surface area contributed by atoms with E-state index in [0.717, 1.165) is 16.7 Å². The van der Waals surface area contributed by atoms with Crippen LogP contribution in [0.3, 0.4) is 0 Å². The highest BCUT2D eigenvalue weighted by Crippen LogP contribution is 2.29. The number of carbonyl (C=O) groups excluding carboxylic acids is 4. The Morgan fingerprint density at radius 1 is 0.792 bits per heavy atom. The van der Waals surface area contributed by atoms with Crippen molar-refractivity contribution in [3.63, 3.8) is 0 Å². The van der Waals surface area contributed by atoms with E-state index in [0.29, 0.717) is 32.5 Å². The van der Waals surface area contributed by atoms with Crippen LogP contribution in [0.5, 0.6) is 0 Å². The van der Waals surface area contributed by atoms with Crippen LogP contribution < -0.4 is 16.0 Å². The molecule has 2 aromatic carbocycles. The summed E-state index contributed by atoms with van der Waals surface area (Å²) < 4.78 is 4.79. The Balaban J connectivity index is 1.59. The van der Waals surface area contributed by atoms with E-state index in [1.54, 1.807) is 22.2 Å². The van der Waals surface area contributed by atoms with Gasteiger partial charge in [-0.15, -0.1) is 0 Å². The highest BCUT2D eigenvalue weighted by Gasteiger charge is 2.44. The molecular formula is C41H56N6O6. The van der Waals surface area contributed by atoms with Gasteiger partial charge in [0, 0.05) is 38.1 Å². The highest BCUT2D eigenvalue weighted by atomic mass is 16.5. The van der Waals surface area contributed by atoms with Gasteiger partial charge in [0.05, 0.1) is 19.3 Å². The number of rotatable bonds is 15. The summed E-state index contributed by atoms with van der Waals surface area (Å²) in [6, 6.07) is 19.6. The van der Waals surface area contributed by atoms with Crippen molar-refractivity contribution < 1.29 is 29.0 Å². The first kappa shape index (κ1) is 40.8. The third-order valence-electron chi connectivity index (χ3n) is 9.47. The van der Waals surface area contributed by atoms with Crippen molar-refractivity contribution in [1.82, 2.24) is 30.7 Å². The molecule has 12 heteroatoms. The van der Waals surface area contributed by atoms with Gasteiger partial charge in [-0.2, -0.15) is 0 Å². The van der Waals surface area contributed by atoms with Gasteiger partial charge in [-0.1, -0.05) is 108 Å². The number of hydrogen-bond acceptors (Lipinski definition) is 7. The zero-order valence-corrected chi connectivity index (χ0v) is 32.0. The summed E-state index contributed by atoms with van der Waals surface area (Å²) in [5.74, 6) is -0.788. The summed E-state index contributed by atoms with van der Waals surface area (Å²) in [5, 5.41) is 20.8. The standard InChI is InChI=1S/C41H56N6O6/c1-40(2,3)34(45-38(51)53-7)36(49)44-32(24-29-17-12-9-13-18-29)33(48)25-31(23-28-15-10-8-11-16-28)43-37(50)35(41(4,5)6)47-22-21-46(39(47)52)27-30-19-14-20-42-26-30/h8-20,26,31-35,48H,21-25,27H2,1-7H3,(H,43,50)(H,44,49)(H,45,51). The SMILES string of the molecule is COC(=O)NC(C(=O)NC(Cc1ccccc1)C(O)CC(Cc1ccccc1)NC(=O)C(N1CCN(Cc2cccnc2)C1=O)C(C)(C)C)C(C)(C)C. The first-order valence-electron chi connectivity index (χ1n) is 18.2. The smallest absolute Gasteiger partial charge is 0.407 e. The fourth-order valence-electron chi connectivity index (χ4n) is 6.80. The number of aromatic nitrogens is 1. The monoisotopic (exact) mass is 728 g/mol. The first-order valence-corrected chi connectivity index (χ1v) is 18.2. The molecule has 4 N–H and O–H groups in total. The molecule has 4 rings (SSSR count). The van der Waals surface area contributed by atoms with Crippen molar-refractivity contribution in [2.24, 2.45) is 10.8 Å². The molecule has 5 amide bonds. The van der Waals surface area contributed by atoms with Gasteiger partial charge in [0.15, 0.2) is 0 Å². The van der Waals surface area contributed by atoms with Crippen LogP contribution in [-0.2, 0) is 33.7 Å². The largest absolute Gasteiger partial charge is 0.453 e. The molecule has 1 aliphatic rings. The average Bonchev–Trinajstić information content (AvgIpc) is 3.44. The van der Waals surface area contributed by atoms with Crippen LogP contribution in [0.15, 0.2) is 85.2 Å². The van der Waals surface area contributed by atoms with E-state index in [4.69, 9.17) is 4.74 Å². The predicted molar refractivity (Wildman–Crippen MR) is 204 cm³/mol. The molecule has 1 fully saturated rings. The van der Waals surface area contributed by atoms with Crippen LogP contribution in [0.25, 0.3) is 0 Å². The zero-order chi connectivity index (χ0) is 38.8. The maximum Gasteiger partial charge on any atom is 0.407 e. The first-order chi connectivity index (χ1) is 25.1. The van der Waals surface area contributed by atoms with Crippen LogP contribution >= 0.6 is 0 Å². The second kappa shape index (κ2) is 18.2. The van der Waals surface area contributed by atoms with Gasteiger partial charge in [-0.3, -0.25) is 14.6 Å². The number of carbonyl (C=O) groups is 4. The molecule has 0 bridgehead atoms. The number of nitrogens with one attached hydrogen (secondary N) is 3. The number of methoxy groups -OCH3 is 1. The minimum atomic E-state index is -1.11. The number of nitrogens with zero attached hydrogens (tertiary/aromatic N) is 3. The van der Waals surface area contributed by atoms with E-state index in [1.807, 2.05) is 114 Å². The maximum absolute atomic E-state index is 14.4. The molecular weight excluding hydrogens is 672 g/mol. The molecule has 12 nitrogen and oxygen atoms in total. The normalized spacial score (nSPS) is 16.3. The Labute approximate surface area is 313 Å². The van der Waals surface area contributed by atoms with Crippen molar-refractivity contribution >= 4 is 23.9 Å². The molecule has 1 saturated heterocycles. The number of amides is 5. The fourth-order valence-corrected chi connectivity index (χ4v) is 6.80. The van der Waals surface area contributed by atoms with Crippen LogP contribution in [0.1, 0.15) is 64.7 Å². The number of aliphatic hydroxyl groups is 1. The Bertz CT molecular complexity index is 1640. The van der Waals surface area contributed by atoms with E-state index in [9.17, 15) is 24.3 Å². The molecule has 0 aliphatic carbocycles. The molecule has 0 spiro atoms. The molecule has 5 atom stereocenters. The van der Waals surface area contributed by atoms with Gasteiger partial charge in [0.2, 0.25) is 11.8 Å². The summed E-state index contributed by atoms with van der Waals surface area (Å²) in [7, 11) is 1.23. The number of ether oxygens (including phenoxy) is 1. The van der Waals surface area contributed by atoms with Crippen molar-refractivity contribution in [3.8, 4) is 0 Å². The maximum atomic E-state index is 14.4. The lowest BCUT2D eigenvalue weighted by molar-refractivity contribution is -0.130. The van der Waals surface area contributed by atoms with Gasteiger partial charge in [-0.05, 0) is 52.8 Å². The van der Waals surface area contributed by atoms with Gasteiger partial charge in [0.1, 0.15) is 12.1 Å². The van der Waals surface area contributed by atoms with E-state index in [-0.39, 0.29) is 18.4 Å². The second-order valence-corrected chi connectivity index (χ2v) is 16.0. The quantitative estimate of drug-likeness (QED) is 0.177. The van der Waals surface area contributed by atoms with Crippen LogP contribution in [-0.4, -0.2) is 94.3 Å². The van der Waals surface area contributed by atoms with Gasteiger partial charge in [-0.25, -0.2) is 9.59 Å². The van der Waals surface area contributed by atoms with Crippen LogP contribution in [0.4, 0.5) is 9.59 Å². The summed E-state index contributed by atoms with van der Waals surface area (Å²) in [5.41, 5.74) is 1.47. The molecule has 1 aromatic heterocycles. The summed E-state index contributed by atoms with van der Waals surface area (Å²) in [4.78, 5) is 61.7. The van der Waals surface area contributed by atoms with Gasteiger partial charge < -0.3 is 35.6 Å². The molecule has 5 unspecified atom stereocenters. The second-order valence-electron chi connectivity index (χ2n) is 16.0. The Kier molecular flexibility index (Phi) is 14.0. The number of alkyl carbamates (subject to hydrolysis) is 1. The van der Waals surface area contributed by atoms with Crippen molar-refractivity contribution in [2.45, 2.75) is 97.6 Å². The molecule has 0 saturated carbocycles. The number of hydrogen-bond donors (Lipinski definition) is 4. The highest BCUT2D eigenvalue weighted by molar-refractivity contribution is 5.89. The van der Waals surface area contributed by atoms with Crippen molar-refractivity contribution in [3.05, 3.63) is 102 Å². The third-order valence-corrected chi connectivity index (χ3v) is 9.47. The van der Waals surface area contributed by atoms with Crippen molar-refractivity contribution in [1.29, 1.82) is 0 Å². The molecule has 2 heterocycles. The lowest BCUT2D eigenvalue weighted by Crippen LogP contribution is -2.59. The Morgan fingerprint density at radius 2 is 1.40 bits per heavy atom. The number of benzene rings is 2. The van der Waals surface area contributed by atoms with E-state index in [1.165, 1.54) is 7.11 Å². The topological polar surface area (TPSA) is 153 Å². The molecule has 0 radical (unpaired) electrons. The van der Waals surface area contributed by atoms with Crippen LogP contribution in [0, 0.1) is 10.8 Å². The predicted octanol–water partition coefficient (Wildman–Crippen LogP) is 4.71. The fraction of sp³-hybridized carbons (Fsp3) is 0.488. The average molecular weight is 729 g/mol. The van der Waals surface area contributed by atoms with Gasteiger partial charge >= 0.3 is 12.1 Å². The van der Waals surface area contributed by atoms with Crippen LogP contribution in [0.2, 0.25) is 0 Å². The van der Waals surface area contributed by atoms with Crippen molar-refractivity contribution in [2.75, 3.05) is 20.2 Å². The number of urea groups is 1. The molecule has 53 heavy (non-hydrogen) atoms. The number of aliphatic hydroxyl groups excluding tert-OH is 1. The summed E-state index contributed by atoms with van der Waals surface area (Å²) >= 11 is 0. The number of pyridine rings is 1. The lowest BCUT2D eigenvalue weighted by Gasteiger charge is -2.38. The molecule has 286 valence electrons. The Morgan fingerprint density at radius 3 is 1.94 bits per heavy atom. The molecule has 1 aliphatic heterocycles. The third kappa shape index (κ3) is 11.8. The summed E-state index contributed by atoms with van der Waals surface area (Å²) in [6.07, 6.45) is 2.37. The lowest BCUT2D eigenvalue weighted by atomic mass is 9.84. The summed E-state index contributed by atoms with van der Waals surface area (Å²) in [6.45, 7) is 12.6. The Hall–Kier alpha value is -4.97. The van der Waals surface area contributed by atoms with E-state index >= 15 is 0 Å². The zero-order valence-electron chi connectivity index (χ0n) is 32.0.